The summed E-state index contributed by atoms with van der Waals surface area (Å²) in [7, 11) is 0. The molecule has 0 radical (unpaired) electrons. The van der Waals surface area contributed by atoms with Gasteiger partial charge in [0.15, 0.2) is 0 Å². The summed E-state index contributed by atoms with van der Waals surface area (Å²) in [6.07, 6.45) is 0. The summed E-state index contributed by atoms with van der Waals surface area (Å²) < 4.78 is 0. The van der Waals surface area contributed by atoms with E-state index in [0.29, 0.717) is 0 Å². The number of fused-ring (bicyclic) bond motifs is 1. The van der Waals surface area contributed by atoms with Crippen LogP contribution in [0.3, 0.4) is 0 Å². The summed E-state index contributed by atoms with van der Waals surface area (Å²) in [6, 6.07) is 8.00. The van der Waals surface area contributed by atoms with Crippen LogP contribution in [-0.2, 0) is 4.79 Å². The van der Waals surface area contributed by atoms with Gasteiger partial charge in [-0.05, 0) is 11.6 Å². The SMILES string of the molecule is O=C(O)C#CC1CSc2ccccc21. The third-order valence-electron chi connectivity index (χ3n) is 2.05. The molecule has 0 bridgehead atoms. The zero-order valence-electron chi connectivity index (χ0n) is 7.36. The number of thioether (sulfide) groups is 1. The first-order chi connectivity index (χ1) is 6.77. The first-order valence-electron chi connectivity index (χ1n) is 4.23. The van der Waals surface area contributed by atoms with Crippen molar-refractivity contribution in [3.63, 3.8) is 0 Å². The molecule has 0 saturated heterocycles. The predicted molar refractivity (Wildman–Crippen MR) is 55.3 cm³/mol. The van der Waals surface area contributed by atoms with Crippen LogP contribution in [0.1, 0.15) is 11.5 Å². The average molecular weight is 204 g/mol. The van der Waals surface area contributed by atoms with Gasteiger partial charge in [0.2, 0.25) is 0 Å². The van der Waals surface area contributed by atoms with Gasteiger partial charge in [-0.1, -0.05) is 24.1 Å². The molecule has 3 heteroatoms. The van der Waals surface area contributed by atoms with Crippen LogP contribution in [0, 0.1) is 11.8 Å². The fraction of sp³-hybridized carbons (Fsp3) is 0.182. The minimum Gasteiger partial charge on any atom is -0.472 e. The Morgan fingerprint density at radius 2 is 2.29 bits per heavy atom. The molecule has 2 nitrogen and oxygen atoms in total. The van der Waals surface area contributed by atoms with Crippen LogP contribution in [0.5, 0.6) is 0 Å². The Bertz CT molecular complexity index is 428. The van der Waals surface area contributed by atoms with Crippen molar-refractivity contribution in [1.29, 1.82) is 0 Å². The number of rotatable bonds is 0. The molecule has 1 aromatic rings. The van der Waals surface area contributed by atoms with E-state index >= 15 is 0 Å². The van der Waals surface area contributed by atoms with Gasteiger partial charge in [0.05, 0.1) is 5.92 Å². The van der Waals surface area contributed by atoms with Crippen molar-refractivity contribution in [3.05, 3.63) is 29.8 Å². The molecule has 2 rings (SSSR count). The van der Waals surface area contributed by atoms with Gasteiger partial charge in [0, 0.05) is 16.6 Å². The molecular formula is C11H8O2S. The van der Waals surface area contributed by atoms with Crippen LogP contribution in [0.15, 0.2) is 29.2 Å². The second-order valence-electron chi connectivity index (χ2n) is 2.98. The molecule has 0 fully saturated rings. The molecule has 0 saturated carbocycles. The lowest BCUT2D eigenvalue weighted by atomic mass is 10.0. The molecule has 0 amide bonds. The van der Waals surface area contributed by atoms with E-state index in [9.17, 15) is 4.79 Å². The van der Waals surface area contributed by atoms with E-state index in [2.05, 4.69) is 11.8 Å². The van der Waals surface area contributed by atoms with E-state index in [1.807, 2.05) is 24.3 Å². The van der Waals surface area contributed by atoms with Crippen molar-refractivity contribution in [2.75, 3.05) is 5.75 Å². The maximum absolute atomic E-state index is 10.3. The van der Waals surface area contributed by atoms with E-state index in [1.165, 1.54) is 4.90 Å². The summed E-state index contributed by atoms with van der Waals surface area (Å²) in [5.74, 6) is 4.83. The Morgan fingerprint density at radius 3 is 3.07 bits per heavy atom. The normalized spacial score (nSPS) is 18.1. The summed E-state index contributed by atoms with van der Waals surface area (Å²) in [6.45, 7) is 0. The molecule has 1 atom stereocenters. The van der Waals surface area contributed by atoms with E-state index < -0.39 is 5.97 Å². The lowest BCUT2D eigenvalue weighted by Crippen LogP contribution is -1.95. The van der Waals surface area contributed by atoms with Crippen LogP contribution >= 0.6 is 11.8 Å². The number of hydrogen-bond donors (Lipinski definition) is 1. The molecule has 1 N–H and O–H groups in total. The number of carboxylic acid groups (broad SMARTS) is 1. The predicted octanol–water partition coefficient (Wildman–Crippen LogP) is 1.96. The van der Waals surface area contributed by atoms with Crippen molar-refractivity contribution in [1.82, 2.24) is 0 Å². The molecule has 0 aromatic heterocycles. The maximum Gasteiger partial charge on any atom is 0.381 e. The largest absolute Gasteiger partial charge is 0.472 e. The average Bonchev–Trinajstić information content (AvgIpc) is 2.58. The number of aliphatic carboxylic acids is 1. The smallest absolute Gasteiger partial charge is 0.381 e. The van der Waals surface area contributed by atoms with Crippen molar-refractivity contribution >= 4 is 17.7 Å². The molecule has 1 aliphatic heterocycles. The molecular weight excluding hydrogens is 196 g/mol. The molecule has 0 aliphatic carbocycles. The Hall–Kier alpha value is -1.40. The highest BCUT2D eigenvalue weighted by Crippen LogP contribution is 2.38. The molecule has 70 valence electrons. The first-order valence-corrected chi connectivity index (χ1v) is 5.22. The van der Waals surface area contributed by atoms with Crippen molar-refractivity contribution in [2.45, 2.75) is 10.8 Å². The van der Waals surface area contributed by atoms with Gasteiger partial charge in [-0.25, -0.2) is 4.79 Å². The first kappa shape index (κ1) is 9.17. The Kier molecular flexibility index (Phi) is 2.47. The van der Waals surface area contributed by atoms with Gasteiger partial charge in [0.1, 0.15) is 0 Å². The Labute approximate surface area is 86.3 Å². The highest BCUT2D eigenvalue weighted by Gasteiger charge is 2.20. The Balaban J connectivity index is 2.28. The zero-order chi connectivity index (χ0) is 9.97. The summed E-state index contributed by atoms with van der Waals surface area (Å²) in [5.41, 5.74) is 1.16. The van der Waals surface area contributed by atoms with Crippen LogP contribution in [0.4, 0.5) is 0 Å². The highest BCUT2D eigenvalue weighted by molar-refractivity contribution is 7.99. The number of carboxylic acids is 1. The van der Waals surface area contributed by atoms with Crippen molar-refractivity contribution in [3.8, 4) is 11.8 Å². The molecule has 0 spiro atoms. The third kappa shape index (κ3) is 1.75. The van der Waals surface area contributed by atoms with E-state index in [-0.39, 0.29) is 5.92 Å². The number of carbonyl (C=O) groups is 1. The standard InChI is InChI=1S/C11H8O2S/c12-11(13)6-5-8-7-14-10-4-2-1-3-9(8)10/h1-4,8H,7H2,(H,12,13). The van der Waals surface area contributed by atoms with Gasteiger partial charge in [-0.3, -0.25) is 0 Å². The number of hydrogen-bond acceptors (Lipinski definition) is 2. The van der Waals surface area contributed by atoms with Crippen LogP contribution in [-0.4, -0.2) is 16.8 Å². The minimum absolute atomic E-state index is 0.0762. The molecule has 14 heavy (non-hydrogen) atoms. The lowest BCUT2D eigenvalue weighted by Gasteiger charge is -1.99. The monoisotopic (exact) mass is 204 g/mol. The van der Waals surface area contributed by atoms with Gasteiger partial charge in [-0.15, -0.1) is 11.8 Å². The topological polar surface area (TPSA) is 37.3 Å². The van der Waals surface area contributed by atoms with Crippen LogP contribution < -0.4 is 0 Å². The van der Waals surface area contributed by atoms with Gasteiger partial charge < -0.3 is 5.11 Å². The van der Waals surface area contributed by atoms with Crippen molar-refractivity contribution < 1.29 is 9.90 Å². The fourth-order valence-corrected chi connectivity index (χ4v) is 2.59. The van der Waals surface area contributed by atoms with Crippen LogP contribution in [0.25, 0.3) is 0 Å². The summed E-state index contributed by atoms with van der Waals surface area (Å²) >= 11 is 1.73. The van der Waals surface area contributed by atoms with Gasteiger partial charge in [0.25, 0.3) is 0 Å². The molecule has 1 aliphatic rings. The quantitative estimate of drug-likeness (QED) is 0.656. The van der Waals surface area contributed by atoms with Gasteiger partial charge >= 0.3 is 5.97 Å². The maximum atomic E-state index is 10.3. The van der Waals surface area contributed by atoms with Gasteiger partial charge in [-0.2, -0.15) is 0 Å². The fourth-order valence-electron chi connectivity index (χ4n) is 1.43. The third-order valence-corrected chi connectivity index (χ3v) is 3.24. The summed E-state index contributed by atoms with van der Waals surface area (Å²) in [4.78, 5) is 11.5. The highest BCUT2D eigenvalue weighted by atomic mass is 32.2. The Morgan fingerprint density at radius 1 is 1.50 bits per heavy atom. The number of benzene rings is 1. The second kappa shape index (κ2) is 3.77. The second-order valence-corrected chi connectivity index (χ2v) is 4.04. The zero-order valence-corrected chi connectivity index (χ0v) is 8.17. The van der Waals surface area contributed by atoms with E-state index in [4.69, 9.17) is 5.11 Å². The minimum atomic E-state index is -1.06. The molecule has 1 aromatic carbocycles. The summed E-state index contributed by atoms with van der Waals surface area (Å²) in [5, 5.41) is 8.44. The molecule has 1 unspecified atom stereocenters. The lowest BCUT2D eigenvalue weighted by molar-refractivity contribution is -0.130. The van der Waals surface area contributed by atoms with Crippen LogP contribution in [0.2, 0.25) is 0 Å². The van der Waals surface area contributed by atoms with E-state index in [1.54, 1.807) is 11.8 Å². The van der Waals surface area contributed by atoms with E-state index in [0.717, 1.165) is 11.3 Å². The molecule has 1 heterocycles. The van der Waals surface area contributed by atoms with Crippen molar-refractivity contribution in [2.24, 2.45) is 0 Å².